The van der Waals surface area contributed by atoms with E-state index in [4.69, 9.17) is 33.2 Å². The van der Waals surface area contributed by atoms with Gasteiger partial charge >= 0.3 is 0 Å². The van der Waals surface area contributed by atoms with Gasteiger partial charge in [0.2, 0.25) is 0 Å². The maximum absolute atomic E-state index is 6.68. The largest absolute Gasteiger partial charge is 0.384 e. The Morgan fingerprint density at radius 2 is 0.621 bits per heavy atom. The van der Waals surface area contributed by atoms with E-state index in [0.717, 1.165) is 12.8 Å². The van der Waals surface area contributed by atoms with Gasteiger partial charge < -0.3 is 33.2 Å². The summed E-state index contributed by atoms with van der Waals surface area (Å²) in [6, 6.07) is 0. The van der Waals surface area contributed by atoms with E-state index in [1.807, 2.05) is 0 Å². The number of rotatable bonds is 18. The molecule has 7 nitrogen and oxygen atoms in total. The fraction of sp³-hybridized carbons (Fsp3) is 1.00. The second kappa shape index (κ2) is 13.2. The van der Waals surface area contributed by atoms with E-state index >= 15 is 0 Å². The molecule has 29 heavy (non-hydrogen) atoms. The minimum atomic E-state index is -0.432. The molecule has 0 aliphatic carbocycles. The highest BCUT2D eigenvalue weighted by Crippen LogP contribution is 2.39. The van der Waals surface area contributed by atoms with Crippen molar-refractivity contribution in [2.24, 2.45) is 10.8 Å². The van der Waals surface area contributed by atoms with Gasteiger partial charge in [0.05, 0.1) is 50.8 Å². The quantitative estimate of drug-likeness (QED) is 0.336. The predicted octanol–water partition coefficient (Wildman–Crippen LogP) is 3.19. The van der Waals surface area contributed by atoms with Gasteiger partial charge in [0.25, 0.3) is 0 Å². The van der Waals surface area contributed by atoms with Gasteiger partial charge in [-0.05, 0) is 40.5 Å². The van der Waals surface area contributed by atoms with Crippen molar-refractivity contribution in [2.45, 2.75) is 51.7 Å². The van der Waals surface area contributed by atoms with Gasteiger partial charge in [0.15, 0.2) is 0 Å². The van der Waals surface area contributed by atoms with Crippen molar-refractivity contribution >= 4 is 0 Å². The summed E-state index contributed by atoms with van der Waals surface area (Å²) >= 11 is 0. The van der Waals surface area contributed by atoms with Crippen LogP contribution in [0.2, 0.25) is 0 Å². The molecule has 0 saturated carbocycles. The van der Waals surface area contributed by atoms with Crippen molar-refractivity contribution in [3.05, 3.63) is 0 Å². The lowest BCUT2D eigenvalue weighted by atomic mass is 9.77. The molecule has 0 aliphatic rings. The molecule has 0 saturated heterocycles. The van der Waals surface area contributed by atoms with Crippen molar-refractivity contribution in [1.29, 1.82) is 0 Å². The highest BCUT2D eigenvalue weighted by molar-refractivity contribution is 4.92. The van der Waals surface area contributed by atoms with E-state index in [1.165, 1.54) is 0 Å². The van der Waals surface area contributed by atoms with Crippen LogP contribution in [-0.2, 0) is 33.2 Å². The van der Waals surface area contributed by atoms with Crippen LogP contribution in [0.5, 0.6) is 0 Å². The Bertz CT molecular complexity index is 351. The molecule has 0 amide bonds. The summed E-state index contributed by atoms with van der Waals surface area (Å²) in [6.07, 6.45) is 1.45. The standard InChI is InChI=1S/C22H46O7/c1-19(2,11-21(13-23-5,14-24-6)15-25-7)29-20(3,4)12-22(16-26-8,17-27-9)18-28-10/h11-18H2,1-10H3. The fourth-order valence-corrected chi connectivity index (χ4v) is 5.02. The lowest BCUT2D eigenvalue weighted by Gasteiger charge is -2.45. The van der Waals surface area contributed by atoms with Crippen LogP contribution < -0.4 is 0 Å². The molecule has 0 aliphatic heterocycles. The number of hydrogen-bond donors (Lipinski definition) is 0. The summed E-state index contributed by atoms with van der Waals surface area (Å²) in [6.45, 7) is 11.6. The molecule has 0 fully saturated rings. The third-order valence-electron chi connectivity index (χ3n) is 4.86. The summed E-state index contributed by atoms with van der Waals surface area (Å²) in [5, 5.41) is 0. The van der Waals surface area contributed by atoms with Gasteiger partial charge in [0.1, 0.15) is 0 Å². The van der Waals surface area contributed by atoms with Crippen LogP contribution in [0.15, 0.2) is 0 Å². The first-order valence-electron chi connectivity index (χ1n) is 10.1. The Morgan fingerprint density at radius 1 is 0.414 bits per heavy atom. The first-order chi connectivity index (χ1) is 13.5. The van der Waals surface area contributed by atoms with Gasteiger partial charge in [-0.1, -0.05) is 0 Å². The molecule has 0 bridgehead atoms. The van der Waals surface area contributed by atoms with E-state index in [2.05, 4.69) is 27.7 Å². The van der Waals surface area contributed by atoms with E-state index in [1.54, 1.807) is 42.7 Å². The van der Waals surface area contributed by atoms with Crippen LogP contribution in [0, 0.1) is 10.8 Å². The Hall–Kier alpha value is -0.280. The summed E-state index contributed by atoms with van der Waals surface area (Å²) < 4.78 is 39.7. The molecule has 0 aromatic rings. The number of ether oxygens (including phenoxy) is 7. The molecule has 0 rings (SSSR count). The average Bonchev–Trinajstić information content (AvgIpc) is 2.53. The van der Waals surface area contributed by atoms with Crippen molar-refractivity contribution in [3.63, 3.8) is 0 Å². The third kappa shape index (κ3) is 10.5. The van der Waals surface area contributed by atoms with Gasteiger partial charge in [-0.3, -0.25) is 0 Å². The number of methoxy groups -OCH3 is 6. The summed E-state index contributed by atoms with van der Waals surface area (Å²) in [5.74, 6) is 0. The average molecular weight is 423 g/mol. The fourth-order valence-electron chi connectivity index (χ4n) is 5.02. The Balaban J connectivity index is 5.51. The van der Waals surface area contributed by atoms with Crippen LogP contribution in [-0.4, -0.2) is 93.5 Å². The minimum absolute atomic E-state index is 0.291. The lowest BCUT2D eigenvalue weighted by Crippen LogP contribution is -2.49. The molecule has 0 unspecified atom stereocenters. The molecular formula is C22H46O7. The van der Waals surface area contributed by atoms with Gasteiger partial charge in [-0.2, -0.15) is 0 Å². The maximum Gasteiger partial charge on any atom is 0.0641 e. The zero-order valence-corrected chi connectivity index (χ0v) is 20.5. The molecular weight excluding hydrogens is 376 g/mol. The molecule has 0 heterocycles. The van der Waals surface area contributed by atoms with Crippen LogP contribution in [0.4, 0.5) is 0 Å². The van der Waals surface area contributed by atoms with E-state index < -0.39 is 11.2 Å². The van der Waals surface area contributed by atoms with Crippen LogP contribution >= 0.6 is 0 Å². The first-order valence-corrected chi connectivity index (χ1v) is 10.1. The zero-order valence-electron chi connectivity index (χ0n) is 20.5. The first kappa shape index (κ1) is 28.7. The van der Waals surface area contributed by atoms with Crippen molar-refractivity contribution in [2.75, 3.05) is 82.3 Å². The minimum Gasteiger partial charge on any atom is -0.384 e. The van der Waals surface area contributed by atoms with Crippen molar-refractivity contribution in [1.82, 2.24) is 0 Å². The Labute approximate surface area is 178 Å². The highest BCUT2D eigenvalue weighted by atomic mass is 16.5. The Morgan fingerprint density at radius 3 is 0.793 bits per heavy atom. The molecule has 0 aromatic carbocycles. The number of hydrogen-bond acceptors (Lipinski definition) is 7. The molecule has 7 heteroatoms. The second-order valence-corrected chi connectivity index (χ2v) is 9.57. The normalized spacial score (nSPS) is 13.9. The van der Waals surface area contributed by atoms with Gasteiger partial charge in [-0.15, -0.1) is 0 Å². The van der Waals surface area contributed by atoms with Crippen molar-refractivity contribution < 1.29 is 33.2 Å². The summed E-state index contributed by atoms with van der Waals surface area (Å²) in [7, 11) is 10.2. The predicted molar refractivity (Wildman–Crippen MR) is 115 cm³/mol. The molecule has 0 spiro atoms. The third-order valence-corrected chi connectivity index (χ3v) is 4.86. The van der Waals surface area contributed by atoms with E-state index in [-0.39, 0.29) is 10.8 Å². The zero-order chi connectivity index (χ0) is 22.6. The molecule has 0 radical (unpaired) electrons. The topological polar surface area (TPSA) is 64.6 Å². The summed E-state index contributed by atoms with van der Waals surface area (Å²) in [5.41, 5.74) is -1.45. The molecule has 0 aromatic heterocycles. The van der Waals surface area contributed by atoms with Crippen molar-refractivity contribution in [3.8, 4) is 0 Å². The Kier molecular flexibility index (Phi) is 13.1. The second-order valence-electron chi connectivity index (χ2n) is 9.57. The monoisotopic (exact) mass is 422 g/mol. The van der Waals surface area contributed by atoms with E-state index in [9.17, 15) is 0 Å². The maximum atomic E-state index is 6.68. The highest BCUT2D eigenvalue weighted by Gasteiger charge is 2.43. The smallest absolute Gasteiger partial charge is 0.0641 e. The molecule has 0 N–H and O–H groups in total. The van der Waals surface area contributed by atoms with Gasteiger partial charge in [0, 0.05) is 53.5 Å². The van der Waals surface area contributed by atoms with Crippen LogP contribution in [0.25, 0.3) is 0 Å². The SMILES string of the molecule is COCC(COC)(COC)CC(C)(C)OC(C)(C)CC(COC)(COC)COC. The van der Waals surface area contributed by atoms with E-state index in [0.29, 0.717) is 39.6 Å². The summed E-state index contributed by atoms with van der Waals surface area (Å²) in [4.78, 5) is 0. The van der Waals surface area contributed by atoms with Crippen LogP contribution in [0.1, 0.15) is 40.5 Å². The lowest BCUT2D eigenvalue weighted by molar-refractivity contribution is -0.182. The molecule has 176 valence electrons. The molecule has 0 atom stereocenters. The van der Waals surface area contributed by atoms with Crippen LogP contribution in [0.3, 0.4) is 0 Å². The van der Waals surface area contributed by atoms with Gasteiger partial charge in [-0.25, -0.2) is 0 Å².